The predicted octanol–water partition coefficient (Wildman–Crippen LogP) is 2.53. The van der Waals surface area contributed by atoms with Gasteiger partial charge in [-0.25, -0.2) is 0 Å². The van der Waals surface area contributed by atoms with E-state index in [1.54, 1.807) is 6.07 Å². The quantitative estimate of drug-likeness (QED) is 0.910. The van der Waals surface area contributed by atoms with E-state index in [4.69, 9.17) is 0 Å². The number of amides is 2. The number of aryl methyl sites for hydroxylation is 1. The lowest BCUT2D eigenvalue weighted by molar-refractivity contribution is 0.0946. The van der Waals surface area contributed by atoms with E-state index in [-0.39, 0.29) is 23.6 Å². The highest BCUT2D eigenvalue weighted by Crippen LogP contribution is 2.19. The number of aromatic nitrogens is 1. The predicted molar refractivity (Wildman–Crippen MR) is 83.9 cm³/mol. The molecular weight excluding hydrogens is 278 g/mol. The first kappa shape index (κ1) is 14.3. The molecule has 2 amide bonds. The Labute approximate surface area is 128 Å². The summed E-state index contributed by atoms with van der Waals surface area (Å²) >= 11 is 0. The fourth-order valence-electron chi connectivity index (χ4n) is 2.11. The first-order valence-corrected chi connectivity index (χ1v) is 7.27. The molecule has 1 heterocycles. The smallest absolute Gasteiger partial charge is 0.270 e. The van der Waals surface area contributed by atoms with Crippen LogP contribution in [0.3, 0.4) is 0 Å². The number of pyridine rings is 1. The van der Waals surface area contributed by atoms with Crippen LogP contribution in [0.25, 0.3) is 0 Å². The Hall–Kier alpha value is -2.69. The van der Waals surface area contributed by atoms with E-state index in [0.717, 1.165) is 24.1 Å². The number of nitrogens with zero attached hydrogens (tertiary/aromatic N) is 1. The summed E-state index contributed by atoms with van der Waals surface area (Å²) in [7, 11) is 0. The van der Waals surface area contributed by atoms with Gasteiger partial charge in [-0.2, -0.15) is 0 Å². The zero-order valence-corrected chi connectivity index (χ0v) is 12.3. The first-order valence-electron chi connectivity index (χ1n) is 7.27. The van der Waals surface area contributed by atoms with Crippen molar-refractivity contribution in [3.8, 4) is 0 Å². The lowest BCUT2D eigenvalue weighted by atomic mass is 10.2. The lowest BCUT2D eigenvalue weighted by Crippen LogP contribution is -2.26. The van der Waals surface area contributed by atoms with E-state index in [9.17, 15) is 9.59 Å². The van der Waals surface area contributed by atoms with Crippen LogP contribution in [0.15, 0.2) is 42.6 Å². The maximum Gasteiger partial charge on any atom is 0.270 e. The van der Waals surface area contributed by atoms with Crippen molar-refractivity contribution in [1.82, 2.24) is 10.3 Å². The molecule has 5 heteroatoms. The van der Waals surface area contributed by atoms with Crippen LogP contribution in [-0.4, -0.2) is 22.8 Å². The van der Waals surface area contributed by atoms with Crippen molar-refractivity contribution in [2.24, 2.45) is 0 Å². The van der Waals surface area contributed by atoms with Gasteiger partial charge in [0.15, 0.2) is 0 Å². The van der Waals surface area contributed by atoms with E-state index in [0.29, 0.717) is 5.56 Å². The summed E-state index contributed by atoms with van der Waals surface area (Å²) in [5, 5.41) is 5.68. The molecule has 3 rings (SSSR count). The summed E-state index contributed by atoms with van der Waals surface area (Å²) in [6.45, 7) is 1.96. The molecule has 1 aromatic carbocycles. The van der Waals surface area contributed by atoms with Crippen molar-refractivity contribution < 1.29 is 9.59 Å². The summed E-state index contributed by atoms with van der Waals surface area (Å²) in [6.07, 6.45) is 3.51. The summed E-state index contributed by atoms with van der Waals surface area (Å²) in [5.74, 6) is -0.485. The Morgan fingerprint density at radius 1 is 1.14 bits per heavy atom. The number of benzene rings is 1. The van der Waals surface area contributed by atoms with E-state index in [2.05, 4.69) is 15.6 Å². The molecule has 0 atom stereocenters. The van der Waals surface area contributed by atoms with Crippen molar-refractivity contribution >= 4 is 17.5 Å². The van der Waals surface area contributed by atoms with Crippen molar-refractivity contribution in [3.05, 3.63) is 59.4 Å². The Balaban J connectivity index is 1.73. The van der Waals surface area contributed by atoms with Crippen molar-refractivity contribution in [1.29, 1.82) is 0 Å². The lowest BCUT2D eigenvalue weighted by Gasteiger charge is -2.07. The molecule has 0 aliphatic heterocycles. The summed E-state index contributed by atoms with van der Waals surface area (Å²) in [4.78, 5) is 28.3. The zero-order chi connectivity index (χ0) is 15.5. The highest BCUT2D eigenvalue weighted by Gasteiger charge is 2.24. The molecule has 1 aliphatic carbocycles. The molecule has 0 saturated heterocycles. The molecule has 1 fully saturated rings. The van der Waals surface area contributed by atoms with Crippen molar-refractivity contribution in [2.75, 3.05) is 5.32 Å². The Morgan fingerprint density at radius 3 is 2.68 bits per heavy atom. The molecule has 2 aromatic rings. The maximum absolute atomic E-state index is 12.3. The van der Waals surface area contributed by atoms with Gasteiger partial charge >= 0.3 is 0 Å². The SMILES string of the molecule is Cc1cccc(NC(=O)c2ccnc(C(=O)NC3CC3)c2)c1. The van der Waals surface area contributed by atoms with Crippen LogP contribution in [0.4, 0.5) is 5.69 Å². The number of carbonyl (C=O) groups is 2. The fourth-order valence-corrected chi connectivity index (χ4v) is 2.11. The normalized spacial score (nSPS) is 13.5. The van der Waals surface area contributed by atoms with Gasteiger partial charge < -0.3 is 10.6 Å². The second-order valence-corrected chi connectivity index (χ2v) is 5.50. The number of hydrogen-bond acceptors (Lipinski definition) is 3. The monoisotopic (exact) mass is 295 g/mol. The van der Waals surface area contributed by atoms with Crippen LogP contribution in [0.1, 0.15) is 39.3 Å². The van der Waals surface area contributed by atoms with Gasteiger partial charge in [0.05, 0.1) is 0 Å². The van der Waals surface area contributed by atoms with Crippen LogP contribution in [-0.2, 0) is 0 Å². The highest BCUT2D eigenvalue weighted by molar-refractivity contribution is 6.05. The highest BCUT2D eigenvalue weighted by atomic mass is 16.2. The molecule has 1 aromatic heterocycles. The van der Waals surface area contributed by atoms with Crippen molar-refractivity contribution in [2.45, 2.75) is 25.8 Å². The van der Waals surface area contributed by atoms with E-state index >= 15 is 0 Å². The van der Waals surface area contributed by atoms with Gasteiger partial charge in [-0.05, 0) is 49.6 Å². The molecule has 0 unspecified atom stereocenters. The zero-order valence-electron chi connectivity index (χ0n) is 12.3. The molecule has 112 valence electrons. The maximum atomic E-state index is 12.3. The molecule has 5 nitrogen and oxygen atoms in total. The standard InChI is InChI=1S/C17H17N3O2/c1-11-3-2-4-14(9-11)20-16(21)12-7-8-18-15(10-12)17(22)19-13-5-6-13/h2-4,7-10,13H,5-6H2,1H3,(H,19,22)(H,20,21). The third kappa shape index (κ3) is 3.49. The number of rotatable bonds is 4. The third-order valence-electron chi connectivity index (χ3n) is 3.44. The molecule has 0 spiro atoms. The van der Waals surface area contributed by atoms with Crippen LogP contribution in [0, 0.1) is 6.92 Å². The van der Waals surface area contributed by atoms with E-state index in [1.807, 2.05) is 31.2 Å². The van der Waals surface area contributed by atoms with Gasteiger partial charge in [-0.1, -0.05) is 12.1 Å². The molecular formula is C17H17N3O2. The minimum Gasteiger partial charge on any atom is -0.348 e. The average Bonchev–Trinajstić information content (AvgIpc) is 3.31. The first-order chi connectivity index (χ1) is 10.6. The van der Waals surface area contributed by atoms with Gasteiger partial charge in [-0.15, -0.1) is 0 Å². The van der Waals surface area contributed by atoms with Crippen LogP contribution >= 0.6 is 0 Å². The molecule has 2 N–H and O–H groups in total. The summed E-state index contributed by atoms with van der Waals surface area (Å²) < 4.78 is 0. The second kappa shape index (κ2) is 5.97. The Morgan fingerprint density at radius 2 is 1.95 bits per heavy atom. The largest absolute Gasteiger partial charge is 0.348 e. The summed E-state index contributed by atoms with van der Waals surface area (Å²) in [5.41, 5.74) is 2.48. The van der Waals surface area contributed by atoms with Gasteiger partial charge in [0.2, 0.25) is 0 Å². The van der Waals surface area contributed by atoms with Crippen LogP contribution in [0.2, 0.25) is 0 Å². The molecule has 22 heavy (non-hydrogen) atoms. The number of nitrogens with one attached hydrogen (secondary N) is 2. The fraction of sp³-hybridized carbons (Fsp3) is 0.235. The minimum absolute atomic E-state index is 0.229. The van der Waals surface area contributed by atoms with Crippen LogP contribution in [0.5, 0.6) is 0 Å². The van der Waals surface area contributed by atoms with Gasteiger partial charge in [0, 0.05) is 23.5 Å². The number of hydrogen-bond donors (Lipinski definition) is 2. The van der Waals surface area contributed by atoms with Gasteiger partial charge in [0.25, 0.3) is 11.8 Å². The van der Waals surface area contributed by atoms with Crippen molar-refractivity contribution in [3.63, 3.8) is 0 Å². The van der Waals surface area contributed by atoms with Crippen LogP contribution < -0.4 is 10.6 Å². The average molecular weight is 295 g/mol. The molecule has 0 bridgehead atoms. The molecule has 0 radical (unpaired) electrons. The number of anilines is 1. The topological polar surface area (TPSA) is 71.1 Å². The Bertz CT molecular complexity index is 723. The Kier molecular flexibility index (Phi) is 3.87. The second-order valence-electron chi connectivity index (χ2n) is 5.50. The third-order valence-corrected chi connectivity index (χ3v) is 3.44. The molecule has 1 aliphatic rings. The van der Waals surface area contributed by atoms with E-state index < -0.39 is 0 Å². The van der Waals surface area contributed by atoms with E-state index in [1.165, 1.54) is 12.3 Å². The van der Waals surface area contributed by atoms with Gasteiger partial charge in [-0.3, -0.25) is 14.6 Å². The van der Waals surface area contributed by atoms with Gasteiger partial charge in [0.1, 0.15) is 5.69 Å². The molecule has 1 saturated carbocycles. The summed E-state index contributed by atoms with van der Waals surface area (Å²) in [6, 6.07) is 10.9. The number of carbonyl (C=O) groups excluding carboxylic acids is 2. The minimum atomic E-state index is -0.256.